The third-order valence-electron chi connectivity index (χ3n) is 1.49. The van der Waals surface area contributed by atoms with Crippen molar-refractivity contribution in [3.63, 3.8) is 0 Å². The van der Waals surface area contributed by atoms with Crippen molar-refractivity contribution in [1.29, 1.82) is 0 Å². The summed E-state index contributed by atoms with van der Waals surface area (Å²) in [5.41, 5.74) is 5.93. The molecule has 1 aromatic rings. The predicted molar refractivity (Wildman–Crippen MR) is 48.0 cm³/mol. The second-order valence-electron chi connectivity index (χ2n) is 2.47. The van der Waals surface area contributed by atoms with E-state index < -0.39 is 6.03 Å². The highest BCUT2D eigenvalue weighted by Crippen LogP contribution is 2.15. The Hall–Kier alpha value is -1.10. The maximum Gasteiger partial charge on any atom is 0.312 e. The van der Waals surface area contributed by atoms with Crippen LogP contribution in [-0.2, 0) is 6.54 Å². The van der Waals surface area contributed by atoms with Gasteiger partial charge in [-0.2, -0.15) is 0 Å². The topological polar surface area (TPSA) is 68.0 Å². The van der Waals surface area contributed by atoms with E-state index in [0.29, 0.717) is 6.54 Å². The number of hydrogen-bond donors (Lipinski definition) is 2. The fourth-order valence-corrected chi connectivity index (χ4v) is 1.65. The molecule has 4 nitrogen and oxygen atoms in total. The van der Waals surface area contributed by atoms with Crippen LogP contribution in [0.5, 0.6) is 0 Å². The molecule has 3 N–H and O–H groups in total. The van der Waals surface area contributed by atoms with E-state index in [0.717, 1.165) is 10.7 Å². The molecule has 0 aliphatic rings. The number of aryl methyl sites for hydroxylation is 2. The number of carbonyl (C=O) groups is 1. The van der Waals surface area contributed by atoms with E-state index in [4.69, 9.17) is 5.73 Å². The molecular weight excluding hydrogens is 174 g/mol. The minimum atomic E-state index is -0.513. The number of rotatable bonds is 2. The molecule has 0 spiro atoms. The Morgan fingerprint density at radius 1 is 1.67 bits per heavy atom. The SMILES string of the molecule is Cc1nc(CNC(N)=O)sc1C. The molecule has 0 radical (unpaired) electrons. The summed E-state index contributed by atoms with van der Waals surface area (Å²) in [5, 5.41) is 3.38. The summed E-state index contributed by atoms with van der Waals surface area (Å²) in [7, 11) is 0. The lowest BCUT2D eigenvalue weighted by molar-refractivity contribution is 0.248. The van der Waals surface area contributed by atoms with Crippen LogP contribution < -0.4 is 11.1 Å². The summed E-state index contributed by atoms with van der Waals surface area (Å²) in [4.78, 5) is 15.8. The molecule has 12 heavy (non-hydrogen) atoms. The summed E-state index contributed by atoms with van der Waals surface area (Å²) in [5.74, 6) is 0. The average molecular weight is 185 g/mol. The fourth-order valence-electron chi connectivity index (χ4n) is 0.778. The van der Waals surface area contributed by atoms with Gasteiger partial charge in [-0.3, -0.25) is 0 Å². The van der Waals surface area contributed by atoms with Crippen molar-refractivity contribution in [3.8, 4) is 0 Å². The smallest absolute Gasteiger partial charge is 0.312 e. The molecule has 0 fully saturated rings. The van der Waals surface area contributed by atoms with E-state index in [9.17, 15) is 4.79 Å². The zero-order valence-electron chi connectivity index (χ0n) is 7.05. The number of thiazole rings is 1. The number of primary amides is 1. The third-order valence-corrected chi connectivity index (χ3v) is 2.56. The minimum absolute atomic E-state index is 0.425. The van der Waals surface area contributed by atoms with Gasteiger partial charge in [0.2, 0.25) is 0 Å². The second kappa shape index (κ2) is 3.53. The lowest BCUT2D eigenvalue weighted by Gasteiger charge is -1.95. The number of urea groups is 1. The van der Waals surface area contributed by atoms with E-state index in [1.54, 1.807) is 11.3 Å². The zero-order valence-corrected chi connectivity index (χ0v) is 7.86. The summed E-state index contributed by atoms with van der Waals surface area (Å²) < 4.78 is 0. The van der Waals surface area contributed by atoms with Gasteiger partial charge in [-0.15, -0.1) is 11.3 Å². The number of hydrogen-bond acceptors (Lipinski definition) is 3. The Bertz CT molecular complexity index is 275. The van der Waals surface area contributed by atoms with Crippen LogP contribution in [-0.4, -0.2) is 11.0 Å². The van der Waals surface area contributed by atoms with E-state index in [-0.39, 0.29) is 0 Å². The van der Waals surface area contributed by atoms with Crippen LogP contribution in [0.1, 0.15) is 15.6 Å². The van der Waals surface area contributed by atoms with Crippen LogP contribution in [0.15, 0.2) is 0 Å². The molecule has 0 saturated heterocycles. The molecule has 5 heteroatoms. The average Bonchev–Trinajstić information content (AvgIpc) is 2.28. The number of aromatic nitrogens is 1. The first kappa shape index (κ1) is 8.99. The van der Waals surface area contributed by atoms with Gasteiger partial charge >= 0.3 is 6.03 Å². The van der Waals surface area contributed by atoms with Gasteiger partial charge in [-0.1, -0.05) is 0 Å². The Balaban J connectivity index is 2.58. The first-order valence-electron chi connectivity index (χ1n) is 3.56. The quantitative estimate of drug-likeness (QED) is 0.719. The van der Waals surface area contributed by atoms with E-state index in [2.05, 4.69) is 10.3 Å². The largest absolute Gasteiger partial charge is 0.352 e. The van der Waals surface area contributed by atoms with Crippen LogP contribution >= 0.6 is 11.3 Å². The first-order chi connectivity index (χ1) is 5.59. The number of nitrogens with two attached hydrogens (primary N) is 1. The summed E-state index contributed by atoms with van der Waals surface area (Å²) in [6.45, 7) is 4.37. The highest BCUT2D eigenvalue weighted by Gasteiger charge is 2.03. The van der Waals surface area contributed by atoms with Crippen molar-refractivity contribution in [3.05, 3.63) is 15.6 Å². The molecule has 2 amide bonds. The van der Waals surface area contributed by atoms with Gasteiger partial charge in [0.15, 0.2) is 0 Å². The van der Waals surface area contributed by atoms with Crippen LogP contribution in [0.2, 0.25) is 0 Å². The van der Waals surface area contributed by atoms with Crippen molar-refractivity contribution in [2.45, 2.75) is 20.4 Å². The molecule has 0 aliphatic carbocycles. The van der Waals surface area contributed by atoms with Gasteiger partial charge < -0.3 is 11.1 Å². The highest BCUT2D eigenvalue weighted by atomic mass is 32.1. The Kier molecular flexibility index (Phi) is 2.65. The summed E-state index contributed by atoms with van der Waals surface area (Å²) in [6.07, 6.45) is 0. The molecule has 1 rings (SSSR count). The van der Waals surface area contributed by atoms with E-state index >= 15 is 0 Å². The summed E-state index contributed by atoms with van der Waals surface area (Å²) in [6, 6.07) is -0.513. The summed E-state index contributed by atoms with van der Waals surface area (Å²) >= 11 is 1.57. The zero-order chi connectivity index (χ0) is 9.14. The molecule has 1 heterocycles. The number of nitrogens with one attached hydrogen (secondary N) is 1. The number of nitrogens with zero attached hydrogens (tertiary/aromatic N) is 1. The van der Waals surface area contributed by atoms with E-state index in [1.165, 1.54) is 4.88 Å². The maximum atomic E-state index is 10.4. The van der Waals surface area contributed by atoms with Gasteiger partial charge in [-0.25, -0.2) is 9.78 Å². The monoisotopic (exact) mass is 185 g/mol. The number of carbonyl (C=O) groups excluding carboxylic acids is 1. The molecule has 0 bridgehead atoms. The molecule has 0 saturated carbocycles. The van der Waals surface area contributed by atoms with Crippen molar-refractivity contribution in [2.75, 3.05) is 0 Å². The third kappa shape index (κ3) is 2.20. The van der Waals surface area contributed by atoms with Crippen molar-refractivity contribution in [2.24, 2.45) is 5.73 Å². The maximum absolute atomic E-state index is 10.4. The lowest BCUT2D eigenvalue weighted by atomic mass is 10.4. The molecule has 0 aliphatic heterocycles. The van der Waals surface area contributed by atoms with Crippen LogP contribution in [0.3, 0.4) is 0 Å². The van der Waals surface area contributed by atoms with Gasteiger partial charge in [0.1, 0.15) is 5.01 Å². The second-order valence-corrected chi connectivity index (χ2v) is 3.75. The Morgan fingerprint density at radius 3 is 2.75 bits per heavy atom. The minimum Gasteiger partial charge on any atom is -0.352 e. The predicted octanol–water partition coefficient (Wildman–Crippen LogP) is 0.928. The van der Waals surface area contributed by atoms with Gasteiger partial charge in [0.05, 0.1) is 12.2 Å². The van der Waals surface area contributed by atoms with Crippen LogP contribution in [0, 0.1) is 13.8 Å². The molecule has 0 aromatic carbocycles. The fraction of sp³-hybridized carbons (Fsp3) is 0.429. The van der Waals surface area contributed by atoms with Crippen LogP contribution in [0.25, 0.3) is 0 Å². The van der Waals surface area contributed by atoms with Crippen molar-refractivity contribution < 1.29 is 4.79 Å². The molecular formula is C7H11N3OS. The first-order valence-corrected chi connectivity index (χ1v) is 4.37. The van der Waals surface area contributed by atoms with Gasteiger partial charge in [-0.05, 0) is 13.8 Å². The van der Waals surface area contributed by atoms with Crippen molar-refractivity contribution >= 4 is 17.4 Å². The molecule has 0 atom stereocenters. The Morgan fingerprint density at radius 2 is 2.33 bits per heavy atom. The van der Waals surface area contributed by atoms with Gasteiger partial charge in [0, 0.05) is 4.88 Å². The van der Waals surface area contributed by atoms with Crippen molar-refractivity contribution in [1.82, 2.24) is 10.3 Å². The normalized spacial score (nSPS) is 9.83. The van der Waals surface area contributed by atoms with E-state index in [1.807, 2.05) is 13.8 Å². The molecule has 1 aromatic heterocycles. The molecule has 0 unspecified atom stereocenters. The Labute approximate surface area is 74.8 Å². The highest BCUT2D eigenvalue weighted by molar-refractivity contribution is 7.11. The lowest BCUT2D eigenvalue weighted by Crippen LogP contribution is -2.28. The van der Waals surface area contributed by atoms with Gasteiger partial charge in [0.25, 0.3) is 0 Å². The number of amides is 2. The standard InChI is InChI=1S/C7H11N3OS/c1-4-5(2)12-6(10-4)3-9-7(8)11/h3H2,1-2H3,(H3,8,9,11). The van der Waals surface area contributed by atoms with Crippen LogP contribution in [0.4, 0.5) is 4.79 Å². The molecule has 66 valence electrons.